The molecular formula is C15H15Cl2NO2. The number of carbonyl (C=O) groups is 1. The summed E-state index contributed by atoms with van der Waals surface area (Å²) in [5, 5.41) is 19.2. The Kier molecular flexibility index (Phi) is 6.06. The molecule has 0 saturated heterocycles. The van der Waals surface area contributed by atoms with E-state index in [1.807, 2.05) is 0 Å². The Hall–Kier alpha value is -1.50. The van der Waals surface area contributed by atoms with Gasteiger partial charge in [-0.25, -0.2) is 0 Å². The van der Waals surface area contributed by atoms with E-state index in [1.165, 1.54) is 0 Å². The van der Waals surface area contributed by atoms with Gasteiger partial charge in [0.2, 0.25) is 0 Å². The predicted octanol–water partition coefficient (Wildman–Crippen LogP) is 4.59. The molecule has 1 atom stereocenters. The van der Waals surface area contributed by atoms with Gasteiger partial charge in [0.15, 0.2) is 0 Å². The van der Waals surface area contributed by atoms with Crippen LogP contribution in [0.5, 0.6) is 0 Å². The van der Waals surface area contributed by atoms with Gasteiger partial charge >= 0.3 is 5.97 Å². The number of carboxylic acid groups (broad SMARTS) is 1. The van der Waals surface area contributed by atoms with E-state index in [2.05, 4.69) is 12.6 Å². The number of aliphatic carboxylic acids is 1. The average molecular weight is 312 g/mol. The largest absolute Gasteiger partial charge is 0.481 e. The summed E-state index contributed by atoms with van der Waals surface area (Å²) >= 11 is 11.9. The topological polar surface area (TPSA) is 61.1 Å². The Morgan fingerprint density at radius 2 is 2.10 bits per heavy atom. The Morgan fingerprint density at radius 1 is 1.40 bits per heavy atom. The smallest absolute Gasteiger partial charge is 0.303 e. The summed E-state index contributed by atoms with van der Waals surface area (Å²) < 4.78 is 0. The van der Waals surface area contributed by atoms with Gasteiger partial charge in [0.1, 0.15) is 0 Å². The molecule has 20 heavy (non-hydrogen) atoms. The minimum absolute atomic E-state index is 0.0784. The van der Waals surface area contributed by atoms with E-state index in [4.69, 9.17) is 28.3 Å². The number of carboxylic acids is 1. The lowest BCUT2D eigenvalue weighted by atomic mass is 9.74. The van der Waals surface area contributed by atoms with Crippen LogP contribution in [0.2, 0.25) is 10.0 Å². The highest BCUT2D eigenvalue weighted by molar-refractivity contribution is 6.42. The fourth-order valence-corrected chi connectivity index (χ4v) is 2.35. The summed E-state index contributed by atoms with van der Waals surface area (Å²) in [5.74, 6) is -0.928. The standard InChI is InChI=1S/C15H15Cl2NO2/c1-2-3-7-15(10-18,8-6-14(19)20)11-4-5-12(16)13(17)9-11/h2,4-5,9H,1,3,6-8H2,(H,19,20). The van der Waals surface area contributed by atoms with Crippen molar-refractivity contribution < 1.29 is 9.90 Å². The molecule has 0 aliphatic carbocycles. The first-order chi connectivity index (χ1) is 9.45. The Bertz CT molecular complexity index is 551. The van der Waals surface area contributed by atoms with Gasteiger partial charge in [-0.3, -0.25) is 4.79 Å². The highest BCUT2D eigenvalue weighted by atomic mass is 35.5. The molecule has 1 N–H and O–H groups in total. The van der Waals surface area contributed by atoms with Crippen LogP contribution < -0.4 is 0 Å². The Morgan fingerprint density at radius 3 is 2.60 bits per heavy atom. The quantitative estimate of drug-likeness (QED) is 0.749. The summed E-state index contributed by atoms with van der Waals surface area (Å²) in [6, 6.07) is 7.24. The van der Waals surface area contributed by atoms with Gasteiger partial charge in [-0.05, 0) is 37.0 Å². The molecule has 0 fully saturated rings. The first-order valence-corrected chi connectivity index (χ1v) is 6.90. The number of nitriles is 1. The van der Waals surface area contributed by atoms with Crippen LogP contribution >= 0.6 is 23.2 Å². The number of benzene rings is 1. The second-order valence-corrected chi connectivity index (χ2v) is 5.36. The first kappa shape index (κ1) is 16.6. The summed E-state index contributed by atoms with van der Waals surface area (Å²) in [5.41, 5.74) is -0.196. The van der Waals surface area contributed by atoms with E-state index >= 15 is 0 Å². The lowest BCUT2D eigenvalue weighted by Crippen LogP contribution is -2.25. The predicted molar refractivity (Wildman–Crippen MR) is 80.1 cm³/mol. The zero-order valence-electron chi connectivity index (χ0n) is 10.9. The van der Waals surface area contributed by atoms with Gasteiger partial charge in [-0.2, -0.15) is 5.26 Å². The Labute approximate surface area is 128 Å². The lowest BCUT2D eigenvalue weighted by Gasteiger charge is -2.26. The van der Waals surface area contributed by atoms with Crippen LogP contribution in [0, 0.1) is 11.3 Å². The van der Waals surface area contributed by atoms with Crippen LogP contribution in [0.1, 0.15) is 31.2 Å². The van der Waals surface area contributed by atoms with Gasteiger partial charge in [-0.15, -0.1) is 6.58 Å². The van der Waals surface area contributed by atoms with Crippen molar-refractivity contribution >= 4 is 29.2 Å². The minimum Gasteiger partial charge on any atom is -0.481 e. The fraction of sp³-hybridized carbons (Fsp3) is 0.333. The van der Waals surface area contributed by atoms with E-state index in [9.17, 15) is 10.1 Å². The van der Waals surface area contributed by atoms with E-state index < -0.39 is 11.4 Å². The third-order valence-corrected chi connectivity index (χ3v) is 3.97. The van der Waals surface area contributed by atoms with Gasteiger partial charge in [-0.1, -0.05) is 35.3 Å². The van der Waals surface area contributed by atoms with E-state index in [0.717, 1.165) is 0 Å². The molecule has 0 bridgehead atoms. The molecule has 106 valence electrons. The lowest BCUT2D eigenvalue weighted by molar-refractivity contribution is -0.137. The first-order valence-electron chi connectivity index (χ1n) is 6.14. The number of rotatable bonds is 7. The molecule has 0 radical (unpaired) electrons. The highest BCUT2D eigenvalue weighted by Gasteiger charge is 2.32. The van der Waals surface area contributed by atoms with Gasteiger partial charge in [0, 0.05) is 6.42 Å². The molecule has 1 aromatic carbocycles. The summed E-state index contributed by atoms with van der Waals surface area (Å²) in [4.78, 5) is 10.8. The third-order valence-electron chi connectivity index (χ3n) is 3.23. The second kappa shape index (κ2) is 7.33. The molecule has 0 heterocycles. The minimum atomic E-state index is -0.928. The molecule has 1 rings (SSSR count). The molecule has 0 aromatic heterocycles. The summed E-state index contributed by atoms with van der Waals surface area (Å²) in [6.07, 6.45) is 2.98. The average Bonchev–Trinajstić information content (AvgIpc) is 2.43. The van der Waals surface area contributed by atoms with Crippen LogP contribution in [0.15, 0.2) is 30.9 Å². The molecule has 0 amide bonds. The van der Waals surface area contributed by atoms with E-state index in [1.54, 1.807) is 24.3 Å². The number of halogens is 2. The molecule has 0 saturated carbocycles. The van der Waals surface area contributed by atoms with Crippen molar-refractivity contribution in [3.05, 3.63) is 46.5 Å². The van der Waals surface area contributed by atoms with Gasteiger partial charge < -0.3 is 5.11 Å². The molecular weight excluding hydrogens is 297 g/mol. The number of hydrogen-bond acceptors (Lipinski definition) is 2. The molecule has 5 heteroatoms. The van der Waals surface area contributed by atoms with Crippen molar-refractivity contribution in [1.82, 2.24) is 0 Å². The normalized spacial score (nSPS) is 13.2. The SMILES string of the molecule is C=CCCC(C#N)(CCC(=O)O)c1ccc(Cl)c(Cl)c1. The number of allylic oxidation sites excluding steroid dienone is 1. The van der Waals surface area contributed by atoms with Crippen molar-refractivity contribution in [2.45, 2.75) is 31.1 Å². The molecule has 0 spiro atoms. The van der Waals surface area contributed by atoms with E-state index in [0.29, 0.717) is 28.5 Å². The maximum atomic E-state index is 10.8. The van der Waals surface area contributed by atoms with Crippen LogP contribution in [-0.2, 0) is 10.2 Å². The molecule has 3 nitrogen and oxygen atoms in total. The fourth-order valence-electron chi connectivity index (χ4n) is 2.05. The number of nitrogens with zero attached hydrogens (tertiary/aromatic N) is 1. The van der Waals surface area contributed by atoms with Crippen molar-refractivity contribution in [2.24, 2.45) is 0 Å². The van der Waals surface area contributed by atoms with Gasteiger partial charge in [0.25, 0.3) is 0 Å². The second-order valence-electron chi connectivity index (χ2n) is 4.54. The molecule has 0 aliphatic heterocycles. The number of hydrogen-bond donors (Lipinski definition) is 1. The Balaban J connectivity index is 3.18. The maximum Gasteiger partial charge on any atom is 0.303 e. The van der Waals surface area contributed by atoms with Crippen molar-refractivity contribution in [3.8, 4) is 6.07 Å². The van der Waals surface area contributed by atoms with Crippen LogP contribution in [0.4, 0.5) is 0 Å². The van der Waals surface area contributed by atoms with Crippen molar-refractivity contribution in [3.63, 3.8) is 0 Å². The highest BCUT2D eigenvalue weighted by Crippen LogP contribution is 2.37. The van der Waals surface area contributed by atoms with Crippen LogP contribution in [-0.4, -0.2) is 11.1 Å². The zero-order valence-corrected chi connectivity index (χ0v) is 12.4. The van der Waals surface area contributed by atoms with Crippen LogP contribution in [0.25, 0.3) is 0 Å². The molecule has 1 aromatic rings. The van der Waals surface area contributed by atoms with E-state index in [-0.39, 0.29) is 12.8 Å². The van der Waals surface area contributed by atoms with Crippen LogP contribution in [0.3, 0.4) is 0 Å². The van der Waals surface area contributed by atoms with Crippen molar-refractivity contribution in [2.75, 3.05) is 0 Å². The zero-order chi connectivity index (χ0) is 15.2. The van der Waals surface area contributed by atoms with Crippen molar-refractivity contribution in [1.29, 1.82) is 5.26 Å². The summed E-state index contributed by atoms with van der Waals surface area (Å²) in [7, 11) is 0. The summed E-state index contributed by atoms with van der Waals surface area (Å²) in [6.45, 7) is 3.65. The maximum absolute atomic E-state index is 10.8. The van der Waals surface area contributed by atoms with Gasteiger partial charge in [0.05, 0.1) is 21.5 Å². The third kappa shape index (κ3) is 4.00. The molecule has 0 aliphatic rings. The molecule has 1 unspecified atom stereocenters. The monoisotopic (exact) mass is 311 g/mol.